The molecule has 0 aromatic rings. The smallest absolute Gasteiger partial charge is 0.748 e. The molecule has 0 spiro atoms. The van der Waals surface area contributed by atoms with Crippen molar-refractivity contribution < 1.29 is 35.4 Å². The summed E-state index contributed by atoms with van der Waals surface area (Å²) in [5.74, 6) is -0.243. The van der Waals surface area contributed by atoms with Crippen molar-refractivity contribution in [2.24, 2.45) is 0 Å². The Balaban J connectivity index is 0. The van der Waals surface area contributed by atoms with Crippen LogP contribution in [0.4, 0.5) is 0 Å². The molecule has 0 fully saturated rings. The molecule has 0 aromatic heterocycles. The van der Waals surface area contributed by atoms with E-state index in [0.717, 1.165) is 0 Å². The third-order valence-corrected chi connectivity index (χ3v) is 1.36. The summed E-state index contributed by atoms with van der Waals surface area (Å²) in [6.45, 7) is 1.65. The third kappa shape index (κ3) is 9.82. The summed E-state index contributed by atoms with van der Waals surface area (Å²) in [6, 6.07) is 0. The van der Waals surface area contributed by atoms with Crippen molar-refractivity contribution in [3.8, 4) is 0 Å². The van der Waals surface area contributed by atoms with E-state index in [4.69, 9.17) is 0 Å². The summed E-state index contributed by atoms with van der Waals surface area (Å²) in [6.07, 6.45) is 0.409. The average molecular weight is 231 g/mol. The molecule has 0 aliphatic heterocycles. The van der Waals surface area contributed by atoms with E-state index in [9.17, 15) is 13.0 Å². The van der Waals surface area contributed by atoms with E-state index in [0.29, 0.717) is 6.42 Å². The fourth-order valence-corrected chi connectivity index (χ4v) is 0.750. The van der Waals surface area contributed by atoms with Crippen molar-refractivity contribution >= 4 is 10.1 Å². The summed E-state index contributed by atoms with van der Waals surface area (Å²) in [4.78, 5) is 0. The van der Waals surface area contributed by atoms with Gasteiger partial charge in [-0.2, -0.15) is 0 Å². The average Bonchev–Trinajstić information content (AvgIpc) is 1.30. The second kappa shape index (κ2) is 4.52. The van der Waals surface area contributed by atoms with E-state index in [2.05, 4.69) is 0 Å². The van der Waals surface area contributed by atoms with E-state index in [-0.39, 0.29) is 28.1 Å². The molecular formula is C3H7AgO3S. The monoisotopic (exact) mass is 230 g/mol. The quantitative estimate of drug-likeness (QED) is 0.494. The van der Waals surface area contributed by atoms with Gasteiger partial charge < -0.3 is 4.55 Å². The first-order valence-electron chi connectivity index (χ1n) is 2.00. The maximum atomic E-state index is 9.68. The summed E-state index contributed by atoms with van der Waals surface area (Å²) in [7, 11) is -3.92. The molecule has 0 unspecified atom stereocenters. The molecular weight excluding hydrogens is 224 g/mol. The fraction of sp³-hybridized carbons (Fsp3) is 1.00. The standard InChI is InChI=1S/C3H8O3S.Ag/c1-2-3-7(4,5)6;/h2-3H2,1H3,(H,4,5,6);/q;+1/p-1. The van der Waals surface area contributed by atoms with Crippen molar-refractivity contribution in [3.05, 3.63) is 0 Å². The zero-order valence-electron chi connectivity index (χ0n) is 4.35. The molecule has 0 atom stereocenters. The fourth-order valence-electron chi connectivity index (χ4n) is 0.250. The largest absolute Gasteiger partial charge is 1.00 e. The summed E-state index contributed by atoms with van der Waals surface area (Å²) in [5.41, 5.74) is 0. The van der Waals surface area contributed by atoms with Gasteiger partial charge in [-0.25, -0.2) is 8.42 Å². The van der Waals surface area contributed by atoms with Crippen molar-refractivity contribution in [2.75, 3.05) is 5.75 Å². The van der Waals surface area contributed by atoms with Crippen LogP contribution in [-0.4, -0.2) is 18.7 Å². The van der Waals surface area contributed by atoms with Gasteiger partial charge in [0.2, 0.25) is 0 Å². The van der Waals surface area contributed by atoms with Crippen LogP contribution < -0.4 is 0 Å². The number of rotatable bonds is 2. The van der Waals surface area contributed by atoms with E-state index >= 15 is 0 Å². The van der Waals surface area contributed by atoms with Crippen molar-refractivity contribution in [1.82, 2.24) is 0 Å². The second-order valence-corrected chi connectivity index (χ2v) is 2.79. The van der Waals surface area contributed by atoms with Crippen LogP contribution in [0.2, 0.25) is 0 Å². The van der Waals surface area contributed by atoms with Crippen molar-refractivity contribution in [2.45, 2.75) is 13.3 Å². The van der Waals surface area contributed by atoms with Crippen LogP contribution in [-0.2, 0) is 32.5 Å². The molecule has 0 saturated heterocycles. The van der Waals surface area contributed by atoms with Crippen LogP contribution in [0.15, 0.2) is 0 Å². The Morgan fingerprint density at radius 1 is 1.50 bits per heavy atom. The van der Waals surface area contributed by atoms with Gasteiger partial charge in [0.15, 0.2) is 0 Å². The number of hydrogen-bond donors (Lipinski definition) is 0. The maximum Gasteiger partial charge on any atom is 1.00 e. The van der Waals surface area contributed by atoms with E-state index in [1.165, 1.54) is 0 Å². The van der Waals surface area contributed by atoms with Gasteiger partial charge in [-0.15, -0.1) is 0 Å². The topological polar surface area (TPSA) is 57.2 Å². The molecule has 54 valence electrons. The molecule has 8 heavy (non-hydrogen) atoms. The molecule has 0 rings (SSSR count). The molecule has 0 amide bonds. The van der Waals surface area contributed by atoms with Crippen LogP contribution in [0.5, 0.6) is 0 Å². The minimum atomic E-state index is -3.92. The Hall–Kier alpha value is 0.650. The molecule has 0 heterocycles. The van der Waals surface area contributed by atoms with Gasteiger partial charge in [-0.3, -0.25) is 0 Å². The molecule has 0 bridgehead atoms. The Kier molecular flexibility index (Phi) is 6.47. The van der Waals surface area contributed by atoms with Gasteiger partial charge in [0, 0.05) is 5.75 Å². The summed E-state index contributed by atoms with van der Waals surface area (Å²) < 4.78 is 29.0. The molecule has 0 radical (unpaired) electrons. The van der Waals surface area contributed by atoms with Crippen molar-refractivity contribution in [3.63, 3.8) is 0 Å². The predicted octanol–water partition coefficient (Wildman–Crippen LogP) is -0.0609. The number of hydrogen-bond acceptors (Lipinski definition) is 3. The Bertz CT molecular complexity index is 127. The predicted molar refractivity (Wildman–Crippen MR) is 24.9 cm³/mol. The van der Waals surface area contributed by atoms with E-state index < -0.39 is 10.1 Å². The van der Waals surface area contributed by atoms with Gasteiger partial charge in [0.25, 0.3) is 0 Å². The first kappa shape index (κ1) is 11.4. The van der Waals surface area contributed by atoms with E-state index in [1.54, 1.807) is 6.92 Å². The summed E-state index contributed by atoms with van der Waals surface area (Å²) in [5, 5.41) is 0. The minimum Gasteiger partial charge on any atom is -0.748 e. The zero-order chi connectivity index (χ0) is 5.91. The summed E-state index contributed by atoms with van der Waals surface area (Å²) >= 11 is 0. The van der Waals surface area contributed by atoms with Crippen LogP contribution in [0, 0.1) is 0 Å². The molecule has 0 saturated carbocycles. The molecule has 0 aliphatic carbocycles. The van der Waals surface area contributed by atoms with Crippen LogP contribution in [0.3, 0.4) is 0 Å². The van der Waals surface area contributed by atoms with Crippen LogP contribution >= 0.6 is 0 Å². The molecule has 0 aliphatic rings. The zero-order valence-corrected chi connectivity index (χ0v) is 6.65. The first-order valence-corrected chi connectivity index (χ1v) is 3.57. The molecule has 3 nitrogen and oxygen atoms in total. The van der Waals surface area contributed by atoms with Gasteiger partial charge in [0.1, 0.15) is 0 Å². The van der Waals surface area contributed by atoms with E-state index in [1.807, 2.05) is 0 Å². The van der Waals surface area contributed by atoms with Crippen LogP contribution in [0.1, 0.15) is 13.3 Å². The van der Waals surface area contributed by atoms with Crippen LogP contribution in [0.25, 0.3) is 0 Å². The van der Waals surface area contributed by atoms with Gasteiger partial charge in [0.05, 0.1) is 10.1 Å². The Labute approximate surface area is 64.7 Å². The molecule has 0 aromatic carbocycles. The van der Waals surface area contributed by atoms with Gasteiger partial charge >= 0.3 is 22.4 Å². The normalized spacial score (nSPS) is 10.2. The Morgan fingerprint density at radius 3 is 1.88 bits per heavy atom. The molecule has 0 N–H and O–H groups in total. The van der Waals surface area contributed by atoms with Crippen molar-refractivity contribution in [1.29, 1.82) is 0 Å². The second-order valence-electron chi connectivity index (χ2n) is 1.26. The Morgan fingerprint density at radius 2 is 1.88 bits per heavy atom. The first-order chi connectivity index (χ1) is 3.06. The maximum absolute atomic E-state index is 9.68. The minimum absolute atomic E-state index is 0. The van der Waals surface area contributed by atoms with Gasteiger partial charge in [-0.05, 0) is 6.42 Å². The van der Waals surface area contributed by atoms with Gasteiger partial charge in [-0.1, -0.05) is 6.92 Å². The molecule has 5 heteroatoms. The SMILES string of the molecule is CCCS(=O)(=O)[O-].[Ag+]. The third-order valence-electron chi connectivity index (χ3n) is 0.454.